The van der Waals surface area contributed by atoms with Crippen molar-refractivity contribution in [3.8, 4) is 11.1 Å². The molecule has 0 saturated heterocycles. The van der Waals surface area contributed by atoms with Crippen LogP contribution in [0.5, 0.6) is 0 Å². The Kier molecular flexibility index (Phi) is 6.48. The largest absolute Gasteiger partial charge is 0.295 e. The van der Waals surface area contributed by atoms with Crippen LogP contribution < -0.4 is 0 Å². The van der Waals surface area contributed by atoms with E-state index in [9.17, 15) is 22.6 Å². The molecule has 1 N–H and O–H groups in total. The number of hydrogen-bond donors (Lipinski definition) is 1. The van der Waals surface area contributed by atoms with E-state index in [1.54, 1.807) is 50.2 Å². The van der Waals surface area contributed by atoms with Gasteiger partial charge >= 0.3 is 0 Å². The van der Waals surface area contributed by atoms with Gasteiger partial charge in [0, 0.05) is 18.4 Å². The van der Waals surface area contributed by atoms with Gasteiger partial charge in [-0.05, 0) is 47.8 Å². The number of carbonyl (C=O) groups excluding carboxylic acids is 2. The summed E-state index contributed by atoms with van der Waals surface area (Å²) in [6.07, 6.45) is 0.211. The summed E-state index contributed by atoms with van der Waals surface area (Å²) in [6.45, 7) is 10.4. The van der Waals surface area contributed by atoms with Gasteiger partial charge in [-0.15, -0.1) is 0 Å². The van der Waals surface area contributed by atoms with Gasteiger partial charge in [-0.1, -0.05) is 49.6 Å². The second-order valence-corrected chi connectivity index (χ2v) is 8.15. The first-order valence-electron chi connectivity index (χ1n) is 8.56. The van der Waals surface area contributed by atoms with Gasteiger partial charge in [0.25, 0.3) is 10.1 Å². The smallest absolute Gasteiger partial charge is 0.294 e. The fraction of sp³-hybridized carbons (Fsp3) is 0.182. The van der Waals surface area contributed by atoms with E-state index in [2.05, 4.69) is 13.2 Å². The fourth-order valence-corrected chi connectivity index (χ4v) is 3.37. The molecule has 0 heterocycles. The van der Waals surface area contributed by atoms with E-state index in [1.165, 1.54) is 6.07 Å². The van der Waals surface area contributed by atoms with Gasteiger partial charge in [0.15, 0.2) is 11.6 Å². The standard InChI is InChI=1S/C22H22O5S/c1-14(2)20(23)11-16-5-8-18(9-6-16)19-10-7-17(12-21(24)15(3)4)13-22(19)28(25,26)27/h5-10,13H,1,3,11-12H2,2,4H3,(H,25,26,27). The predicted molar refractivity (Wildman–Crippen MR) is 109 cm³/mol. The lowest BCUT2D eigenvalue weighted by Crippen LogP contribution is -2.06. The third kappa shape index (κ3) is 5.34. The second kappa shape index (κ2) is 8.46. The number of carbonyl (C=O) groups is 2. The molecule has 0 saturated carbocycles. The number of allylic oxidation sites excluding steroid dienone is 2. The van der Waals surface area contributed by atoms with Crippen LogP contribution in [0.15, 0.2) is 71.7 Å². The highest BCUT2D eigenvalue weighted by atomic mass is 32.2. The van der Waals surface area contributed by atoms with Crippen LogP contribution in [0.25, 0.3) is 11.1 Å². The minimum atomic E-state index is -4.50. The molecule has 0 radical (unpaired) electrons. The summed E-state index contributed by atoms with van der Waals surface area (Å²) >= 11 is 0. The van der Waals surface area contributed by atoms with Crippen molar-refractivity contribution in [2.45, 2.75) is 31.6 Å². The van der Waals surface area contributed by atoms with E-state index in [-0.39, 0.29) is 29.3 Å². The number of hydrogen-bond acceptors (Lipinski definition) is 4. The minimum Gasteiger partial charge on any atom is -0.294 e. The summed E-state index contributed by atoms with van der Waals surface area (Å²) in [5.74, 6) is -0.279. The lowest BCUT2D eigenvalue weighted by Gasteiger charge is -2.11. The van der Waals surface area contributed by atoms with Crippen LogP contribution in [0.2, 0.25) is 0 Å². The molecule has 0 amide bonds. The molecule has 0 bridgehead atoms. The van der Waals surface area contributed by atoms with Crippen molar-refractivity contribution in [2.75, 3.05) is 0 Å². The normalized spacial score (nSPS) is 11.1. The summed E-state index contributed by atoms with van der Waals surface area (Å²) in [7, 11) is -4.50. The molecular weight excluding hydrogens is 376 g/mol. The van der Waals surface area contributed by atoms with Crippen molar-refractivity contribution >= 4 is 21.7 Å². The Balaban J connectivity index is 2.42. The van der Waals surface area contributed by atoms with Crippen molar-refractivity contribution in [2.24, 2.45) is 0 Å². The third-order valence-electron chi connectivity index (χ3n) is 4.27. The second-order valence-electron chi connectivity index (χ2n) is 6.76. The molecule has 0 aliphatic carbocycles. The monoisotopic (exact) mass is 398 g/mol. The summed E-state index contributed by atoms with van der Waals surface area (Å²) < 4.78 is 33.4. The van der Waals surface area contributed by atoms with Crippen LogP contribution in [0, 0.1) is 0 Å². The first kappa shape index (κ1) is 21.5. The van der Waals surface area contributed by atoms with E-state index >= 15 is 0 Å². The maximum Gasteiger partial charge on any atom is 0.295 e. The Morgan fingerprint density at radius 1 is 0.857 bits per heavy atom. The Bertz CT molecular complexity index is 1060. The average Bonchev–Trinajstić information content (AvgIpc) is 2.61. The zero-order valence-electron chi connectivity index (χ0n) is 15.9. The van der Waals surface area contributed by atoms with E-state index in [1.807, 2.05) is 0 Å². The van der Waals surface area contributed by atoms with E-state index in [0.717, 1.165) is 5.56 Å². The maximum absolute atomic E-state index is 11.9. The van der Waals surface area contributed by atoms with Crippen molar-refractivity contribution in [1.82, 2.24) is 0 Å². The lowest BCUT2D eigenvalue weighted by molar-refractivity contribution is -0.115. The van der Waals surface area contributed by atoms with Crippen LogP contribution in [0.4, 0.5) is 0 Å². The van der Waals surface area contributed by atoms with Crippen molar-refractivity contribution in [1.29, 1.82) is 0 Å². The van der Waals surface area contributed by atoms with Gasteiger partial charge in [0.2, 0.25) is 0 Å². The van der Waals surface area contributed by atoms with Crippen LogP contribution in [-0.2, 0) is 32.5 Å². The van der Waals surface area contributed by atoms with Gasteiger partial charge in [-0.2, -0.15) is 8.42 Å². The highest BCUT2D eigenvalue weighted by molar-refractivity contribution is 7.86. The number of rotatable bonds is 8. The summed E-state index contributed by atoms with van der Waals surface area (Å²) in [5.41, 5.74) is 2.96. The Hall–Kier alpha value is -2.83. The van der Waals surface area contributed by atoms with E-state index in [4.69, 9.17) is 0 Å². The molecule has 0 fully saturated rings. The van der Waals surface area contributed by atoms with Crippen molar-refractivity contribution in [3.63, 3.8) is 0 Å². The van der Waals surface area contributed by atoms with E-state index < -0.39 is 10.1 Å². The van der Waals surface area contributed by atoms with Crippen LogP contribution >= 0.6 is 0 Å². The number of benzene rings is 2. The first-order valence-corrected chi connectivity index (χ1v) is 10.00. The molecule has 2 rings (SSSR count). The highest BCUT2D eigenvalue weighted by Crippen LogP contribution is 2.29. The molecular formula is C22H22O5S. The molecule has 5 nitrogen and oxygen atoms in total. The first-order chi connectivity index (χ1) is 13.0. The van der Waals surface area contributed by atoms with Crippen LogP contribution in [0.1, 0.15) is 25.0 Å². The molecule has 0 aliphatic heterocycles. The molecule has 0 aliphatic rings. The zero-order chi connectivity index (χ0) is 21.1. The van der Waals surface area contributed by atoms with Gasteiger partial charge < -0.3 is 0 Å². The molecule has 0 unspecified atom stereocenters. The Labute approximate surface area is 165 Å². The van der Waals surface area contributed by atoms with E-state index in [0.29, 0.717) is 27.8 Å². The van der Waals surface area contributed by atoms with Gasteiger partial charge in [0.05, 0.1) is 0 Å². The van der Waals surface area contributed by atoms with Crippen LogP contribution in [-0.4, -0.2) is 24.5 Å². The number of ketones is 2. The molecule has 0 spiro atoms. The SMILES string of the molecule is C=C(C)C(=O)Cc1ccc(-c2ccc(CC(=O)C(=C)C)cc2S(=O)(=O)O)cc1. The predicted octanol–water partition coefficient (Wildman–Crippen LogP) is 3.98. The molecule has 2 aromatic carbocycles. The minimum absolute atomic E-state index is 0.0000864. The highest BCUT2D eigenvalue weighted by Gasteiger charge is 2.18. The molecule has 6 heteroatoms. The molecule has 0 atom stereocenters. The molecule has 28 heavy (non-hydrogen) atoms. The Morgan fingerprint density at radius 2 is 1.32 bits per heavy atom. The molecule has 146 valence electrons. The fourth-order valence-electron chi connectivity index (χ4n) is 2.60. The summed E-state index contributed by atoms with van der Waals surface area (Å²) in [6, 6.07) is 11.3. The van der Waals surface area contributed by atoms with Crippen molar-refractivity contribution < 1.29 is 22.6 Å². The van der Waals surface area contributed by atoms with Gasteiger partial charge in [0.1, 0.15) is 4.90 Å². The molecule has 2 aromatic rings. The topological polar surface area (TPSA) is 88.5 Å². The maximum atomic E-state index is 11.9. The summed E-state index contributed by atoms with van der Waals surface area (Å²) in [5, 5.41) is 0. The quantitative estimate of drug-likeness (QED) is 0.537. The summed E-state index contributed by atoms with van der Waals surface area (Å²) in [4.78, 5) is 23.4. The van der Waals surface area contributed by atoms with Gasteiger partial charge in [-0.3, -0.25) is 14.1 Å². The van der Waals surface area contributed by atoms with Crippen LogP contribution in [0.3, 0.4) is 0 Å². The number of Topliss-reactive ketones (excluding diaryl/α,β-unsaturated/α-hetero) is 2. The lowest BCUT2D eigenvalue weighted by atomic mass is 9.98. The third-order valence-corrected chi connectivity index (χ3v) is 5.16. The van der Waals surface area contributed by atoms with Crippen molar-refractivity contribution in [3.05, 3.63) is 77.9 Å². The zero-order valence-corrected chi connectivity index (χ0v) is 16.7. The Morgan fingerprint density at radius 3 is 1.79 bits per heavy atom. The van der Waals surface area contributed by atoms with Gasteiger partial charge in [-0.25, -0.2) is 0 Å². The average molecular weight is 398 g/mol. The molecule has 0 aromatic heterocycles.